The molecule has 0 saturated carbocycles. The van der Waals surface area contributed by atoms with Crippen LogP contribution in [-0.2, 0) is 4.74 Å². The van der Waals surface area contributed by atoms with Crippen LogP contribution in [0.25, 0.3) is 0 Å². The molecule has 1 saturated heterocycles. The number of phenols is 1. The summed E-state index contributed by atoms with van der Waals surface area (Å²) in [7, 11) is 0. The lowest BCUT2D eigenvalue weighted by Crippen LogP contribution is -2.87. The average Bonchev–Trinajstić information content (AvgIpc) is 2.34. The lowest BCUT2D eigenvalue weighted by Gasteiger charge is -2.31. The van der Waals surface area contributed by atoms with E-state index in [1.807, 2.05) is 35.6 Å². The van der Waals surface area contributed by atoms with E-state index in [1.54, 1.807) is 6.07 Å². The lowest BCUT2D eigenvalue weighted by molar-refractivity contribution is -0.667. The first-order valence-corrected chi connectivity index (χ1v) is 8.30. The molecule has 0 amide bonds. The fourth-order valence-electron chi connectivity index (χ4n) is 2.19. The summed E-state index contributed by atoms with van der Waals surface area (Å²) < 4.78 is 7.21. The summed E-state index contributed by atoms with van der Waals surface area (Å²) in [5.41, 5.74) is -0.155. The minimum atomic E-state index is -0.432. The monoisotopic (exact) mass is 488 g/mol. The summed E-state index contributed by atoms with van der Waals surface area (Å²) >= 11 is 4.14. The van der Waals surface area contributed by atoms with Crippen LogP contribution in [-0.4, -0.2) is 29.8 Å². The van der Waals surface area contributed by atoms with Crippen molar-refractivity contribution in [3.8, 4) is 5.75 Å². The zero-order chi connectivity index (χ0) is 14.0. The largest absolute Gasteiger partial charge is 0.506 e. The number of ether oxygens (including phenoxy) is 1. The molecule has 3 N–H and O–H groups in total. The first-order chi connectivity index (χ1) is 8.91. The Bertz CT molecular complexity index is 499. The second-order valence-electron chi connectivity index (χ2n) is 4.99. The first kappa shape index (κ1) is 15.3. The van der Waals surface area contributed by atoms with E-state index in [-0.39, 0.29) is 11.3 Å². The number of carbonyl (C=O) groups excluding carboxylic acids is 1. The van der Waals surface area contributed by atoms with E-state index in [9.17, 15) is 9.90 Å². The van der Waals surface area contributed by atoms with E-state index in [0.717, 1.165) is 29.5 Å². The Balaban J connectivity index is 2.20. The van der Waals surface area contributed by atoms with E-state index in [4.69, 9.17) is 4.74 Å². The summed E-state index contributed by atoms with van der Waals surface area (Å²) in [5, 5.41) is 12.2. The number of piperidine rings is 1. The van der Waals surface area contributed by atoms with Gasteiger partial charge in [0.1, 0.15) is 16.9 Å². The molecule has 19 heavy (non-hydrogen) atoms. The molecule has 4 nitrogen and oxygen atoms in total. The molecular weight excluding hydrogens is 472 g/mol. The predicted molar refractivity (Wildman–Crippen MR) is 88.3 cm³/mol. The van der Waals surface area contributed by atoms with Gasteiger partial charge in [-0.25, -0.2) is 4.79 Å². The first-order valence-electron chi connectivity index (χ1n) is 6.14. The summed E-state index contributed by atoms with van der Waals surface area (Å²) in [6, 6.07) is 3.49. The summed E-state index contributed by atoms with van der Waals surface area (Å²) in [6.45, 7) is 3.91. The van der Waals surface area contributed by atoms with Crippen molar-refractivity contribution in [2.24, 2.45) is 0 Å². The van der Waals surface area contributed by atoms with E-state index in [0.29, 0.717) is 3.57 Å². The van der Waals surface area contributed by atoms with Gasteiger partial charge in [-0.3, -0.25) is 0 Å². The molecule has 0 aromatic heterocycles. The van der Waals surface area contributed by atoms with Crippen LogP contribution in [0.4, 0.5) is 0 Å². The van der Waals surface area contributed by atoms with Crippen molar-refractivity contribution in [3.05, 3.63) is 24.8 Å². The number of phenolic OH excluding ortho intramolecular Hbond substituents is 1. The van der Waals surface area contributed by atoms with Gasteiger partial charge in [0.25, 0.3) is 0 Å². The van der Waals surface area contributed by atoms with Crippen molar-refractivity contribution in [2.45, 2.75) is 25.4 Å². The maximum absolute atomic E-state index is 12.2. The third-order valence-corrected chi connectivity index (χ3v) is 4.79. The Kier molecular flexibility index (Phi) is 4.93. The van der Waals surface area contributed by atoms with Gasteiger partial charge in [-0.15, -0.1) is 0 Å². The Labute approximate surface area is 139 Å². The molecule has 104 valence electrons. The van der Waals surface area contributed by atoms with Crippen LogP contribution < -0.4 is 5.32 Å². The van der Waals surface area contributed by atoms with Crippen LogP contribution in [0.3, 0.4) is 0 Å². The van der Waals surface area contributed by atoms with Gasteiger partial charge >= 0.3 is 5.97 Å². The highest BCUT2D eigenvalue weighted by Gasteiger charge is 2.33. The molecule has 1 aromatic rings. The topological polar surface area (TPSA) is 63.1 Å². The lowest BCUT2D eigenvalue weighted by atomic mass is 9.94. The van der Waals surface area contributed by atoms with Crippen LogP contribution in [0.1, 0.15) is 30.1 Å². The number of hydrogen-bond donors (Lipinski definition) is 2. The van der Waals surface area contributed by atoms with Crippen LogP contribution in [0.2, 0.25) is 0 Å². The minimum absolute atomic E-state index is 0.0111. The molecule has 2 rings (SSSR count). The van der Waals surface area contributed by atoms with Gasteiger partial charge in [0.05, 0.1) is 16.7 Å². The molecule has 6 heteroatoms. The van der Waals surface area contributed by atoms with Crippen LogP contribution in [0.15, 0.2) is 12.1 Å². The van der Waals surface area contributed by atoms with Gasteiger partial charge in [-0.2, -0.15) is 0 Å². The number of carbonyl (C=O) groups is 1. The molecule has 0 aliphatic carbocycles. The van der Waals surface area contributed by atoms with E-state index >= 15 is 0 Å². The van der Waals surface area contributed by atoms with Crippen LogP contribution in [0.5, 0.6) is 5.75 Å². The third kappa shape index (κ3) is 3.72. The SMILES string of the molecule is CC1(OC(=O)c2cc(I)cc(I)c2O)CC[NH2+]CC1. The minimum Gasteiger partial charge on any atom is -0.506 e. The van der Waals surface area contributed by atoms with E-state index < -0.39 is 11.6 Å². The van der Waals surface area contributed by atoms with Gasteiger partial charge in [0.15, 0.2) is 0 Å². The van der Waals surface area contributed by atoms with Gasteiger partial charge in [0.2, 0.25) is 0 Å². The fraction of sp³-hybridized carbons (Fsp3) is 0.462. The maximum Gasteiger partial charge on any atom is 0.342 e. The van der Waals surface area contributed by atoms with Gasteiger partial charge in [-0.1, -0.05) is 0 Å². The highest BCUT2D eigenvalue weighted by molar-refractivity contribution is 14.1. The Hall–Kier alpha value is -0.0900. The Morgan fingerprint density at radius 2 is 2.00 bits per heavy atom. The third-order valence-electron chi connectivity index (χ3n) is 3.34. The molecule has 1 heterocycles. The molecule has 0 atom stereocenters. The highest BCUT2D eigenvalue weighted by Crippen LogP contribution is 2.30. The second-order valence-corrected chi connectivity index (χ2v) is 7.40. The predicted octanol–water partition coefficient (Wildman–Crippen LogP) is 1.87. The van der Waals surface area contributed by atoms with Gasteiger partial charge in [0, 0.05) is 16.4 Å². The van der Waals surface area contributed by atoms with Crippen molar-refractivity contribution >= 4 is 51.2 Å². The molecule has 0 bridgehead atoms. The number of hydrogen-bond acceptors (Lipinski definition) is 3. The summed E-state index contributed by atoms with van der Waals surface area (Å²) in [5.74, 6) is -0.421. The molecule has 1 aromatic carbocycles. The molecule has 1 aliphatic rings. The number of aromatic hydroxyl groups is 1. The molecule has 0 radical (unpaired) electrons. The Morgan fingerprint density at radius 3 is 2.63 bits per heavy atom. The number of esters is 1. The maximum atomic E-state index is 12.2. The number of benzene rings is 1. The number of rotatable bonds is 2. The van der Waals surface area contributed by atoms with Crippen molar-refractivity contribution < 1.29 is 20.0 Å². The number of quaternary nitrogens is 1. The molecular formula is C13H16I2NO3+. The number of nitrogens with two attached hydrogens (primary N) is 1. The molecule has 1 fully saturated rings. The highest BCUT2D eigenvalue weighted by atomic mass is 127. The quantitative estimate of drug-likeness (QED) is 0.494. The van der Waals surface area contributed by atoms with Crippen molar-refractivity contribution in [1.82, 2.24) is 0 Å². The van der Waals surface area contributed by atoms with Crippen molar-refractivity contribution in [1.29, 1.82) is 0 Å². The number of halogens is 2. The van der Waals surface area contributed by atoms with Crippen molar-refractivity contribution in [2.75, 3.05) is 13.1 Å². The standard InChI is InChI=1S/C13H15I2NO3/c1-13(2-4-16-5-3-13)19-12(18)9-6-8(14)7-10(15)11(9)17/h6-7,16-17H,2-5H2,1H3/p+1. The zero-order valence-corrected chi connectivity index (χ0v) is 14.9. The molecule has 1 aliphatic heterocycles. The van der Waals surface area contributed by atoms with Crippen LogP contribution >= 0.6 is 45.2 Å². The zero-order valence-electron chi connectivity index (χ0n) is 10.6. The molecule has 0 unspecified atom stereocenters. The van der Waals surface area contributed by atoms with Gasteiger partial charge in [-0.05, 0) is 64.2 Å². The van der Waals surface area contributed by atoms with Crippen molar-refractivity contribution in [3.63, 3.8) is 0 Å². The molecule has 0 spiro atoms. The van der Waals surface area contributed by atoms with Crippen LogP contribution in [0, 0.1) is 7.14 Å². The summed E-state index contributed by atoms with van der Waals surface area (Å²) in [4.78, 5) is 12.2. The van der Waals surface area contributed by atoms with E-state index in [1.165, 1.54) is 0 Å². The second kappa shape index (κ2) is 6.13. The van der Waals surface area contributed by atoms with E-state index in [2.05, 4.69) is 27.9 Å². The van der Waals surface area contributed by atoms with Gasteiger partial charge < -0.3 is 15.2 Å². The normalized spacial score (nSPS) is 18.1. The summed E-state index contributed by atoms with van der Waals surface area (Å²) in [6.07, 6.45) is 1.70. The fourth-order valence-corrected chi connectivity index (χ4v) is 4.03. The average molecular weight is 488 g/mol. The smallest absolute Gasteiger partial charge is 0.342 e. The Morgan fingerprint density at radius 1 is 1.37 bits per heavy atom.